The molecule has 7 aromatic heterocycles. The highest BCUT2D eigenvalue weighted by molar-refractivity contribution is 5.70. The van der Waals surface area contributed by atoms with E-state index in [9.17, 15) is 0 Å². The van der Waals surface area contributed by atoms with Crippen LogP contribution in [0.15, 0.2) is 153 Å². The third kappa shape index (κ3) is 19.9. The first-order valence-electron chi connectivity index (χ1n) is 23.5. The molecule has 70 heavy (non-hydrogen) atoms. The third-order valence-electron chi connectivity index (χ3n) is 11.7. The number of nitrogens with zero attached hydrogens (tertiary/aromatic N) is 9. The van der Waals surface area contributed by atoms with E-state index in [-0.39, 0.29) is 0 Å². The Labute approximate surface area is 419 Å². The normalized spacial score (nSPS) is 9.71. The zero-order valence-corrected chi connectivity index (χ0v) is 44.5. The van der Waals surface area contributed by atoms with E-state index < -0.39 is 0 Å². The van der Waals surface area contributed by atoms with Crippen molar-refractivity contribution in [3.63, 3.8) is 0 Å². The molecule has 0 bridgehead atoms. The predicted molar refractivity (Wildman–Crippen MR) is 292 cm³/mol. The lowest BCUT2D eigenvalue weighted by Gasteiger charge is -2.11. The highest BCUT2D eigenvalue weighted by Crippen LogP contribution is 2.28. The van der Waals surface area contributed by atoms with Gasteiger partial charge >= 0.3 is 0 Å². The molecule has 9 nitrogen and oxygen atoms in total. The maximum atomic E-state index is 4.87. The Hall–Kier alpha value is -7.65. The average Bonchev–Trinajstić information content (AvgIpc) is 3.35. The monoisotopic (exact) mass is 932 g/mol. The van der Waals surface area contributed by atoms with Gasteiger partial charge in [-0.1, -0.05) is 66.7 Å². The summed E-state index contributed by atoms with van der Waals surface area (Å²) in [6, 6.07) is 33.0. The second kappa shape index (κ2) is 30.0. The summed E-state index contributed by atoms with van der Waals surface area (Å²) in [5, 5.41) is 0. The average molecular weight is 932 g/mol. The van der Waals surface area contributed by atoms with E-state index in [2.05, 4.69) is 164 Å². The minimum Gasteiger partial charge on any atom is -0.264 e. The number of hydrogen-bond donors (Lipinski definition) is 0. The van der Waals surface area contributed by atoms with Crippen molar-refractivity contribution < 1.29 is 0 Å². The molecule has 0 amide bonds. The lowest BCUT2D eigenvalue weighted by molar-refractivity contribution is 1.06. The van der Waals surface area contributed by atoms with Crippen molar-refractivity contribution in [1.82, 2.24) is 44.9 Å². The number of hydrogen-bond acceptors (Lipinski definition) is 9. The van der Waals surface area contributed by atoms with Crippen LogP contribution >= 0.6 is 0 Å². The summed E-state index contributed by atoms with van der Waals surface area (Å²) in [6.07, 6.45) is 15.9. The summed E-state index contributed by atoms with van der Waals surface area (Å²) < 4.78 is 0. The Kier molecular flexibility index (Phi) is 24.3. The summed E-state index contributed by atoms with van der Waals surface area (Å²) in [5.74, 6) is 0. The number of pyridine rings is 5. The Bertz CT molecular complexity index is 2570. The van der Waals surface area contributed by atoms with Crippen molar-refractivity contribution in [2.45, 2.75) is 111 Å². The van der Waals surface area contributed by atoms with Crippen LogP contribution in [-0.2, 0) is 0 Å². The number of benzene rings is 2. The van der Waals surface area contributed by atoms with Crippen LogP contribution in [0.25, 0.3) is 22.5 Å². The van der Waals surface area contributed by atoms with Crippen molar-refractivity contribution in [2.24, 2.45) is 0 Å². The van der Waals surface area contributed by atoms with Gasteiger partial charge in [-0.05, 0) is 202 Å². The first-order valence-corrected chi connectivity index (χ1v) is 23.5. The van der Waals surface area contributed by atoms with E-state index in [1.807, 2.05) is 127 Å². The Morgan fingerprint density at radius 2 is 0.757 bits per heavy atom. The van der Waals surface area contributed by atoms with Crippen LogP contribution in [-0.4, -0.2) is 44.9 Å². The lowest BCUT2D eigenvalue weighted by Crippen LogP contribution is -1.95. The third-order valence-corrected chi connectivity index (χ3v) is 11.7. The van der Waals surface area contributed by atoms with E-state index in [4.69, 9.17) is 4.98 Å². The Morgan fingerprint density at radius 1 is 0.300 bits per heavy atom. The van der Waals surface area contributed by atoms with Crippen molar-refractivity contribution in [3.05, 3.63) is 243 Å². The molecule has 0 aliphatic carbocycles. The van der Waals surface area contributed by atoms with Gasteiger partial charge in [0.05, 0.1) is 11.4 Å². The first kappa shape index (κ1) is 56.7. The molecule has 0 saturated carbocycles. The van der Waals surface area contributed by atoms with Crippen LogP contribution in [0.2, 0.25) is 0 Å². The van der Waals surface area contributed by atoms with E-state index in [1.54, 1.807) is 12.7 Å². The SMILES string of the molecule is Cc1cc(-c2ccccc2)nc(-c2ccccc2)c1C.Cc1cc(C)c(C)c(C)n1.Cc1cccnc1C.Cc1ccncc1C.Cc1ccncc1C.Cc1cncnc1C.Cc1cncnc1C. The topological polar surface area (TPSA) is 116 Å². The van der Waals surface area contributed by atoms with E-state index in [1.165, 1.54) is 55.6 Å². The molecule has 9 heteroatoms. The molecule has 0 spiro atoms. The Morgan fingerprint density at radius 3 is 1.13 bits per heavy atom. The van der Waals surface area contributed by atoms with Crippen LogP contribution in [0.4, 0.5) is 0 Å². The van der Waals surface area contributed by atoms with Crippen LogP contribution in [0.3, 0.4) is 0 Å². The summed E-state index contributed by atoms with van der Waals surface area (Å²) in [7, 11) is 0. The highest BCUT2D eigenvalue weighted by Gasteiger charge is 2.09. The molecule has 7 heterocycles. The van der Waals surface area contributed by atoms with Gasteiger partial charge in [-0.25, -0.2) is 24.9 Å². The second-order valence-corrected chi connectivity index (χ2v) is 17.2. The maximum Gasteiger partial charge on any atom is 0.115 e. The van der Waals surface area contributed by atoms with Crippen molar-refractivity contribution >= 4 is 0 Å². The highest BCUT2D eigenvalue weighted by atomic mass is 14.8. The van der Waals surface area contributed by atoms with Gasteiger partial charge in [0.25, 0.3) is 0 Å². The molecule has 0 radical (unpaired) electrons. The van der Waals surface area contributed by atoms with E-state index in [0.717, 1.165) is 56.5 Å². The smallest absolute Gasteiger partial charge is 0.115 e. The zero-order valence-electron chi connectivity index (χ0n) is 44.5. The number of aryl methyl sites for hydroxylation is 14. The molecule has 9 aromatic rings. The minimum absolute atomic E-state index is 1.03. The van der Waals surface area contributed by atoms with Crippen LogP contribution in [0.5, 0.6) is 0 Å². The fourth-order valence-electron chi connectivity index (χ4n) is 6.03. The van der Waals surface area contributed by atoms with Crippen LogP contribution in [0, 0.1) is 111 Å². The minimum atomic E-state index is 1.03. The largest absolute Gasteiger partial charge is 0.264 e. The fraction of sp³-hybridized carbons (Fsp3) is 0.262. The van der Waals surface area contributed by atoms with E-state index >= 15 is 0 Å². The van der Waals surface area contributed by atoms with Gasteiger partial charge in [-0.15, -0.1) is 0 Å². The molecule has 9 rings (SSSR count). The molecule has 0 saturated heterocycles. The zero-order chi connectivity index (χ0) is 51.6. The molecule has 0 unspecified atom stereocenters. The molecule has 0 atom stereocenters. The molecule has 0 aliphatic rings. The molecule has 2 aromatic carbocycles. The summed E-state index contributed by atoms with van der Waals surface area (Å²) in [4.78, 5) is 36.8. The molecular formula is C61H73N9. The van der Waals surface area contributed by atoms with Gasteiger partial charge in [-0.2, -0.15) is 0 Å². The number of aromatic nitrogens is 9. The fourth-order valence-corrected chi connectivity index (χ4v) is 6.03. The van der Waals surface area contributed by atoms with Gasteiger partial charge in [0, 0.05) is 83.0 Å². The molecule has 0 N–H and O–H groups in total. The Balaban J connectivity index is 0.000000225. The molecule has 0 fully saturated rings. The van der Waals surface area contributed by atoms with Gasteiger partial charge in [0.1, 0.15) is 12.7 Å². The molecule has 0 aliphatic heterocycles. The maximum absolute atomic E-state index is 4.87. The first-order chi connectivity index (χ1) is 33.4. The predicted octanol–water partition coefficient (Wildman–Crippen LogP) is 14.6. The lowest BCUT2D eigenvalue weighted by atomic mass is 10.00. The quantitative estimate of drug-likeness (QED) is 0.167. The molecule has 362 valence electrons. The van der Waals surface area contributed by atoms with Crippen molar-refractivity contribution in [2.75, 3.05) is 0 Å². The van der Waals surface area contributed by atoms with Crippen LogP contribution in [0.1, 0.15) is 89.7 Å². The number of rotatable bonds is 2. The van der Waals surface area contributed by atoms with Gasteiger partial charge in [0.15, 0.2) is 0 Å². The summed E-state index contributed by atoms with van der Waals surface area (Å²) in [5.41, 5.74) is 23.8. The standard InChI is InChI=1S/C19H17N.C9H13N.3C7H9N.2C6H8N2/c1-14-13-18(16-9-5-3-6-10-16)20-19(15(14)2)17-11-7-4-8-12-17;1-6-5-7(2)10-9(4)8(6)3;2*1-6-3-4-8-5-7(6)2;1-6-4-3-5-8-7(6)2;2*1-5-3-7-4-8-6(5)2/h3-13H,1-2H3;5H,1-4H3;3*3-5H,1-2H3;2*3-4H,1-2H3. The molecular weight excluding hydrogens is 859 g/mol. The van der Waals surface area contributed by atoms with Crippen LogP contribution < -0.4 is 0 Å². The summed E-state index contributed by atoms with van der Waals surface area (Å²) in [6.45, 7) is 32.9. The van der Waals surface area contributed by atoms with Gasteiger partial charge in [-0.3, -0.25) is 19.9 Å². The van der Waals surface area contributed by atoms with Gasteiger partial charge in [0.2, 0.25) is 0 Å². The second-order valence-electron chi connectivity index (χ2n) is 17.2. The van der Waals surface area contributed by atoms with E-state index in [0.29, 0.717) is 0 Å². The summed E-state index contributed by atoms with van der Waals surface area (Å²) >= 11 is 0. The van der Waals surface area contributed by atoms with Gasteiger partial charge < -0.3 is 0 Å². The van der Waals surface area contributed by atoms with Crippen molar-refractivity contribution in [1.29, 1.82) is 0 Å². The van der Waals surface area contributed by atoms with Crippen molar-refractivity contribution in [3.8, 4) is 22.5 Å².